The number of amides is 2. The molecule has 1 saturated heterocycles. The number of carbonyl (C=O) groups excluding carboxylic acids is 1. The molecule has 8 heteroatoms. The highest BCUT2D eigenvalue weighted by atomic mass is 19.1. The van der Waals surface area contributed by atoms with Crippen LogP contribution in [0.4, 0.5) is 20.7 Å². The molecule has 2 amide bonds. The molecule has 0 radical (unpaired) electrons. The summed E-state index contributed by atoms with van der Waals surface area (Å²) in [6.07, 6.45) is 5.71. The number of aromatic nitrogens is 2. The lowest BCUT2D eigenvalue weighted by molar-refractivity contribution is 0.174. The van der Waals surface area contributed by atoms with Crippen LogP contribution in [-0.4, -0.2) is 54.8 Å². The lowest BCUT2D eigenvalue weighted by Crippen LogP contribution is -2.47. The van der Waals surface area contributed by atoms with E-state index in [4.69, 9.17) is 9.72 Å². The molecule has 0 spiro atoms. The van der Waals surface area contributed by atoms with Crippen LogP contribution in [0.25, 0.3) is 11.4 Å². The van der Waals surface area contributed by atoms with Crippen molar-refractivity contribution >= 4 is 17.5 Å². The van der Waals surface area contributed by atoms with Gasteiger partial charge < -0.3 is 14.5 Å². The third kappa shape index (κ3) is 4.92. The van der Waals surface area contributed by atoms with Gasteiger partial charge in [-0.05, 0) is 61.4 Å². The van der Waals surface area contributed by atoms with E-state index in [-0.39, 0.29) is 11.8 Å². The molecule has 2 aliphatic heterocycles. The van der Waals surface area contributed by atoms with Crippen molar-refractivity contribution in [3.05, 3.63) is 66.1 Å². The normalized spacial score (nSPS) is 15.9. The van der Waals surface area contributed by atoms with Gasteiger partial charge in [-0.2, -0.15) is 0 Å². The first-order valence-electron chi connectivity index (χ1n) is 12.1. The van der Waals surface area contributed by atoms with E-state index in [1.807, 2.05) is 53.2 Å². The van der Waals surface area contributed by atoms with Gasteiger partial charge in [-0.1, -0.05) is 24.3 Å². The van der Waals surface area contributed by atoms with Crippen LogP contribution in [0, 0.1) is 11.7 Å². The lowest BCUT2D eigenvalue weighted by Gasteiger charge is -2.34. The number of nitrogens with zero attached hydrogens (tertiary/aromatic N) is 5. The van der Waals surface area contributed by atoms with Gasteiger partial charge in [0, 0.05) is 25.7 Å². The maximum absolute atomic E-state index is 13.4. The average molecular weight is 476 g/mol. The summed E-state index contributed by atoms with van der Waals surface area (Å²) in [6, 6.07) is 14.4. The number of rotatable bonds is 5. The fraction of sp³-hybridized carbons (Fsp3) is 0.370. The summed E-state index contributed by atoms with van der Waals surface area (Å²) in [5.41, 5.74) is 2.77. The number of aryl methyl sites for hydroxylation is 1. The highest BCUT2D eigenvalue weighted by Crippen LogP contribution is 2.36. The Kier molecular flexibility index (Phi) is 6.53. The Morgan fingerprint density at radius 1 is 1.14 bits per heavy atom. The van der Waals surface area contributed by atoms with Gasteiger partial charge in [-0.25, -0.2) is 19.2 Å². The van der Waals surface area contributed by atoms with Gasteiger partial charge in [0.1, 0.15) is 23.9 Å². The van der Waals surface area contributed by atoms with Crippen LogP contribution in [-0.2, 0) is 6.42 Å². The predicted octanol–water partition coefficient (Wildman–Crippen LogP) is 4.97. The molecule has 1 aromatic heterocycles. The Labute approximate surface area is 205 Å². The van der Waals surface area contributed by atoms with Crippen molar-refractivity contribution in [1.82, 2.24) is 14.9 Å². The summed E-state index contributed by atoms with van der Waals surface area (Å²) in [4.78, 5) is 28.4. The summed E-state index contributed by atoms with van der Waals surface area (Å²) in [5, 5.41) is 0. The zero-order valence-corrected chi connectivity index (χ0v) is 20.2. The van der Waals surface area contributed by atoms with Gasteiger partial charge in [0.05, 0.1) is 13.3 Å². The molecular weight excluding hydrogens is 445 g/mol. The van der Waals surface area contributed by atoms with Crippen molar-refractivity contribution < 1.29 is 13.9 Å². The number of carbonyl (C=O) groups is 1. The van der Waals surface area contributed by atoms with Crippen molar-refractivity contribution in [3.63, 3.8) is 0 Å². The van der Waals surface area contributed by atoms with E-state index in [0.29, 0.717) is 18.4 Å². The minimum Gasteiger partial charge on any atom is -0.497 e. The summed E-state index contributed by atoms with van der Waals surface area (Å²) in [7, 11) is 3.57. The van der Waals surface area contributed by atoms with E-state index < -0.39 is 0 Å². The minimum atomic E-state index is -0.198. The summed E-state index contributed by atoms with van der Waals surface area (Å²) in [5.74, 6) is 2.48. The molecular formula is C27H30FN5O2. The fourth-order valence-electron chi connectivity index (χ4n) is 4.86. The molecule has 2 aromatic carbocycles. The number of methoxy groups -OCH3 is 1. The largest absolute Gasteiger partial charge is 0.497 e. The van der Waals surface area contributed by atoms with Crippen LogP contribution >= 0.6 is 0 Å². The third-order valence-corrected chi connectivity index (χ3v) is 6.95. The zero-order chi connectivity index (χ0) is 24.4. The number of ether oxygens (including phenoxy) is 1. The highest BCUT2D eigenvalue weighted by molar-refractivity contribution is 5.97. The standard InChI is InChI=1S/C27H30FN5O2/c1-31-18-33(24-17-29-25(30-26(24)31)21-4-3-5-23(16-21)35-2)27(34)32-14-12-20(13-15-32)7-6-19-8-10-22(28)11-9-19/h3-5,8-11,16-17,20H,6-7,12-15,18H2,1-2H3. The second-order valence-corrected chi connectivity index (χ2v) is 9.28. The number of piperidine rings is 1. The van der Waals surface area contributed by atoms with E-state index >= 15 is 0 Å². The van der Waals surface area contributed by atoms with Crippen molar-refractivity contribution in [2.75, 3.05) is 43.7 Å². The number of likely N-dealkylation sites (tertiary alicyclic amines) is 1. The van der Waals surface area contributed by atoms with Crippen molar-refractivity contribution in [1.29, 1.82) is 0 Å². The molecule has 0 aliphatic carbocycles. The molecule has 1 fully saturated rings. The first-order valence-corrected chi connectivity index (χ1v) is 12.1. The van der Waals surface area contributed by atoms with Crippen molar-refractivity contribution in [2.45, 2.75) is 25.7 Å². The topological polar surface area (TPSA) is 61.8 Å². The molecule has 35 heavy (non-hydrogen) atoms. The second-order valence-electron chi connectivity index (χ2n) is 9.28. The summed E-state index contributed by atoms with van der Waals surface area (Å²) < 4.78 is 18.4. The molecule has 3 aromatic rings. The zero-order valence-electron chi connectivity index (χ0n) is 20.2. The summed E-state index contributed by atoms with van der Waals surface area (Å²) >= 11 is 0. The monoisotopic (exact) mass is 475 g/mol. The molecule has 2 aliphatic rings. The molecule has 0 unspecified atom stereocenters. The van der Waals surface area contributed by atoms with Crippen LogP contribution < -0.4 is 14.5 Å². The quantitative estimate of drug-likeness (QED) is 0.521. The molecule has 7 nitrogen and oxygen atoms in total. The molecule has 182 valence electrons. The number of hydrogen-bond acceptors (Lipinski definition) is 5. The lowest BCUT2D eigenvalue weighted by atomic mass is 9.90. The molecule has 0 saturated carbocycles. The van der Waals surface area contributed by atoms with Gasteiger partial charge >= 0.3 is 6.03 Å². The Balaban J connectivity index is 1.21. The first-order chi connectivity index (χ1) is 17.0. The Bertz CT molecular complexity index is 1190. The molecule has 0 bridgehead atoms. The maximum atomic E-state index is 13.4. The average Bonchev–Trinajstić information content (AvgIpc) is 3.24. The van der Waals surface area contributed by atoms with E-state index in [2.05, 4.69) is 4.98 Å². The third-order valence-electron chi connectivity index (χ3n) is 6.95. The van der Waals surface area contributed by atoms with Crippen LogP contribution in [0.15, 0.2) is 54.7 Å². The fourth-order valence-corrected chi connectivity index (χ4v) is 4.86. The number of urea groups is 1. The van der Waals surface area contributed by atoms with Gasteiger partial charge in [-0.15, -0.1) is 0 Å². The Morgan fingerprint density at radius 3 is 2.66 bits per heavy atom. The molecule has 5 rings (SSSR count). The first kappa shape index (κ1) is 23.1. The smallest absolute Gasteiger partial charge is 0.326 e. The summed E-state index contributed by atoms with van der Waals surface area (Å²) in [6.45, 7) is 1.94. The minimum absolute atomic E-state index is 0.00492. The highest BCUT2D eigenvalue weighted by Gasteiger charge is 2.34. The number of benzene rings is 2. The SMILES string of the molecule is COc1cccc(-c2ncc3c(n2)N(C)CN3C(=O)N2CCC(CCc3ccc(F)cc3)CC2)c1. The maximum Gasteiger partial charge on any atom is 0.326 e. The molecule has 0 atom stereocenters. The van der Waals surface area contributed by atoms with E-state index in [1.54, 1.807) is 18.2 Å². The van der Waals surface area contributed by atoms with Crippen LogP contribution in [0.5, 0.6) is 5.75 Å². The Morgan fingerprint density at radius 2 is 1.91 bits per heavy atom. The van der Waals surface area contributed by atoms with Crippen molar-refractivity contribution in [2.24, 2.45) is 5.92 Å². The molecule has 0 N–H and O–H groups in total. The number of fused-ring (bicyclic) bond motifs is 1. The number of halogens is 1. The molecule has 3 heterocycles. The van der Waals surface area contributed by atoms with E-state index in [1.165, 1.54) is 12.1 Å². The van der Waals surface area contributed by atoms with Crippen molar-refractivity contribution in [3.8, 4) is 17.1 Å². The Hall–Kier alpha value is -3.68. The van der Waals surface area contributed by atoms with Crippen LogP contribution in [0.3, 0.4) is 0 Å². The van der Waals surface area contributed by atoms with Gasteiger partial charge in [0.25, 0.3) is 0 Å². The van der Waals surface area contributed by atoms with Gasteiger partial charge in [-0.3, -0.25) is 4.90 Å². The number of hydrogen-bond donors (Lipinski definition) is 0. The van der Waals surface area contributed by atoms with E-state index in [9.17, 15) is 9.18 Å². The second kappa shape index (κ2) is 9.90. The van der Waals surface area contributed by atoms with Gasteiger partial charge in [0.2, 0.25) is 0 Å². The van der Waals surface area contributed by atoms with Crippen LogP contribution in [0.2, 0.25) is 0 Å². The number of anilines is 2. The van der Waals surface area contributed by atoms with E-state index in [0.717, 1.165) is 67.2 Å². The van der Waals surface area contributed by atoms with Crippen LogP contribution in [0.1, 0.15) is 24.8 Å². The van der Waals surface area contributed by atoms with Gasteiger partial charge in [0.15, 0.2) is 11.6 Å². The predicted molar refractivity (Wildman–Crippen MR) is 134 cm³/mol.